The predicted octanol–water partition coefficient (Wildman–Crippen LogP) is 4.25. The first-order valence-electron chi connectivity index (χ1n) is 11.5. The molecule has 1 amide bonds. The number of fused-ring (bicyclic) bond motifs is 1. The molecule has 180 valence electrons. The summed E-state index contributed by atoms with van der Waals surface area (Å²) in [6, 6.07) is 14.3. The number of amides is 1. The minimum atomic E-state index is -0.245. The molecule has 1 aliphatic heterocycles. The molecule has 8 nitrogen and oxygen atoms in total. The van der Waals surface area contributed by atoms with E-state index >= 15 is 0 Å². The molecule has 0 bridgehead atoms. The van der Waals surface area contributed by atoms with Gasteiger partial charge in [-0.3, -0.25) is 9.69 Å². The van der Waals surface area contributed by atoms with Crippen LogP contribution >= 0.6 is 11.3 Å². The number of carbonyl (C=O) groups excluding carboxylic acids is 1. The topological polar surface area (TPSA) is 86.3 Å². The van der Waals surface area contributed by atoms with E-state index in [4.69, 9.17) is 0 Å². The molecular weight excluding hydrogens is 465 g/mol. The summed E-state index contributed by atoms with van der Waals surface area (Å²) in [5.41, 5.74) is 2.95. The van der Waals surface area contributed by atoms with E-state index in [2.05, 4.69) is 30.5 Å². The van der Waals surface area contributed by atoms with E-state index in [1.807, 2.05) is 29.2 Å². The number of benzene rings is 1. The third-order valence-electron chi connectivity index (χ3n) is 5.93. The van der Waals surface area contributed by atoms with Crippen LogP contribution in [-0.4, -0.2) is 56.8 Å². The molecule has 2 N–H and O–H groups in total. The van der Waals surface area contributed by atoms with Crippen LogP contribution in [0.2, 0.25) is 0 Å². The summed E-state index contributed by atoms with van der Waals surface area (Å²) in [6.45, 7) is 6.27. The van der Waals surface area contributed by atoms with Gasteiger partial charge >= 0.3 is 0 Å². The Bertz CT molecular complexity index is 1320. The van der Waals surface area contributed by atoms with Gasteiger partial charge in [-0.2, -0.15) is 0 Å². The molecule has 4 aromatic rings. The van der Waals surface area contributed by atoms with Crippen molar-refractivity contribution in [2.75, 3.05) is 36.8 Å². The third-order valence-corrected chi connectivity index (χ3v) is 6.81. The highest BCUT2D eigenvalue weighted by Crippen LogP contribution is 2.28. The van der Waals surface area contributed by atoms with Gasteiger partial charge in [0.25, 0.3) is 0 Å². The van der Waals surface area contributed by atoms with E-state index in [1.54, 1.807) is 25.3 Å². The first-order chi connectivity index (χ1) is 17.0. The predicted molar refractivity (Wildman–Crippen MR) is 136 cm³/mol. The maximum absolute atomic E-state index is 13.1. The largest absolute Gasteiger partial charge is 0.366 e. The highest BCUT2D eigenvalue weighted by molar-refractivity contribution is 7.21. The quantitative estimate of drug-likeness (QED) is 0.400. The van der Waals surface area contributed by atoms with Crippen molar-refractivity contribution in [2.45, 2.75) is 20.0 Å². The van der Waals surface area contributed by atoms with Crippen LogP contribution in [0.4, 0.5) is 21.2 Å². The summed E-state index contributed by atoms with van der Waals surface area (Å²) in [7, 11) is 0. The summed E-state index contributed by atoms with van der Waals surface area (Å²) < 4.78 is 13.1. The molecule has 1 saturated heterocycles. The molecule has 35 heavy (non-hydrogen) atoms. The SMILES string of the molecule is CC(=O)N1CCN(Cc2ccnc(Nc3nc4ccc(NCc5ccc(F)cc5)nc4s3)c2)CC1. The third kappa shape index (κ3) is 5.90. The zero-order chi connectivity index (χ0) is 24.2. The summed E-state index contributed by atoms with van der Waals surface area (Å²) in [5.74, 6) is 1.37. The molecule has 0 unspecified atom stereocenters. The van der Waals surface area contributed by atoms with Crippen LogP contribution in [0.25, 0.3) is 10.3 Å². The van der Waals surface area contributed by atoms with Gasteiger partial charge in [0.05, 0.1) is 0 Å². The monoisotopic (exact) mass is 491 g/mol. The van der Waals surface area contributed by atoms with Crippen molar-refractivity contribution in [2.24, 2.45) is 0 Å². The number of anilines is 3. The van der Waals surface area contributed by atoms with Crippen molar-refractivity contribution < 1.29 is 9.18 Å². The zero-order valence-electron chi connectivity index (χ0n) is 19.4. The van der Waals surface area contributed by atoms with Gasteiger partial charge in [-0.05, 0) is 47.5 Å². The average Bonchev–Trinajstić information content (AvgIpc) is 3.26. The number of halogens is 1. The molecule has 10 heteroatoms. The van der Waals surface area contributed by atoms with E-state index in [0.717, 1.165) is 71.0 Å². The molecule has 5 rings (SSSR count). The van der Waals surface area contributed by atoms with E-state index in [9.17, 15) is 9.18 Å². The number of rotatable bonds is 7. The van der Waals surface area contributed by atoms with Gasteiger partial charge in [0, 0.05) is 52.4 Å². The van der Waals surface area contributed by atoms with E-state index in [-0.39, 0.29) is 11.7 Å². The Morgan fingerprint density at radius 3 is 2.57 bits per heavy atom. The minimum Gasteiger partial charge on any atom is -0.366 e. The second-order valence-electron chi connectivity index (χ2n) is 8.48. The number of pyridine rings is 2. The smallest absolute Gasteiger partial charge is 0.219 e. The normalized spacial score (nSPS) is 14.3. The standard InChI is InChI=1S/C25H26FN7OS/c1-17(34)33-12-10-32(11-13-33)16-19-8-9-27-23(14-19)31-25-29-21-6-7-22(30-24(21)35-25)28-15-18-2-4-20(26)5-3-18/h2-9,14H,10-13,15-16H2,1H3,(H,28,30)(H,27,29,31). The van der Waals surface area contributed by atoms with Crippen LogP contribution in [-0.2, 0) is 17.9 Å². The van der Waals surface area contributed by atoms with Crippen LogP contribution in [0.15, 0.2) is 54.7 Å². The van der Waals surface area contributed by atoms with Crippen molar-refractivity contribution >= 4 is 44.4 Å². The lowest BCUT2D eigenvalue weighted by Crippen LogP contribution is -2.47. The van der Waals surface area contributed by atoms with Gasteiger partial charge in [-0.15, -0.1) is 0 Å². The minimum absolute atomic E-state index is 0.140. The van der Waals surface area contributed by atoms with Gasteiger partial charge < -0.3 is 15.5 Å². The molecule has 0 atom stereocenters. The summed E-state index contributed by atoms with van der Waals surface area (Å²) in [5, 5.41) is 7.30. The Kier molecular flexibility index (Phi) is 6.82. The molecule has 4 heterocycles. The van der Waals surface area contributed by atoms with Crippen molar-refractivity contribution in [1.29, 1.82) is 0 Å². The Labute approximate surface area is 206 Å². The number of thiazole rings is 1. The zero-order valence-corrected chi connectivity index (χ0v) is 20.2. The van der Waals surface area contributed by atoms with Gasteiger partial charge in [-0.1, -0.05) is 23.5 Å². The number of nitrogens with one attached hydrogen (secondary N) is 2. The number of hydrogen-bond acceptors (Lipinski definition) is 8. The first kappa shape index (κ1) is 23.1. The van der Waals surface area contributed by atoms with Gasteiger partial charge in [0.1, 0.15) is 27.8 Å². The van der Waals surface area contributed by atoms with Crippen molar-refractivity contribution in [3.8, 4) is 0 Å². The van der Waals surface area contributed by atoms with Crippen molar-refractivity contribution in [3.63, 3.8) is 0 Å². The molecule has 0 aliphatic carbocycles. The molecule has 3 aromatic heterocycles. The second kappa shape index (κ2) is 10.3. The van der Waals surface area contributed by atoms with Crippen LogP contribution < -0.4 is 10.6 Å². The fraction of sp³-hybridized carbons (Fsp3) is 0.280. The van der Waals surface area contributed by atoms with Crippen LogP contribution in [0, 0.1) is 5.82 Å². The van der Waals surface area contributed by atoms with Crippen LogP contribution in [0.5, 0.6) is 0 Å². The highest BCUT2D eigenvalue weighted by Gasteiger charge is 2.18. The Morgan fingerprint density at radius 1 is 1.00 bits per heavy atom. The van der Waals surface area contributed by atoms with Gasteiger partial charge in [-0.25, -0.2) is 19.3 Å². The van der Waals surface area contributed by atoms with Crippen LogP contribution in [0.3, 0.4) is 0 Å². The lowest BCUT2D eigenvalue weighted by atomic mass is 10.2. The van der Waals surface area contributed by atoms with Crippen molar-refractivity contribution in [1.82, 2.24) is 24.8 Å². The van der Waals surface area contributed by atoms with Gasteiger partial charge in [0.15, 0.2) is 5.13 Å². The number of carbonyl (C=O) groups is 1. The molecule has 1 aliphatic rings. The number of hydrogen-bond donors (Lipinski definition) is 2. The molecule has 0 radical (unpaired) electrons. The lowest BCUT2D eigenvalue weighted by molar-refractivity contribution is -0.130. The molecule has 1 aromatic carbocycles. The van der Waals surface area contributed by atoms with E-state index in [0.29, 0.717) is 6.54 Å². The summed E-state index contributed by atoms with van der Waals surface area (Å²) in [6.07, 6.45) is 1.80. The average molecular weight is 492 g/mol. The molecular formula is C25H26FN7OS. The van der Waals surface area contributed by atoms with E-state index < -0.39 is 0 Å². The van der Waals surface area contributed by atoms with Crippen molar-refractivity contribution in [3.05, 3.63) is 71.7 Å². The molecule has 0 spiro atoms. The highest BCUT2D eigenvalue weighted by atomic mass is 32.1. The fourth-order valence-corrected chi connectivity index (χ4v) is 4.84. The van der Waals surface area contributed by atoms with Crippen LogP contribution in [0.1, 0.15) is 18.1 Å². The Morgan fingerprint density at radius 2 is 1.80 bits per heavy atom. The Hall–Kier alpha value is -3.63. The lowest BCUT2D eigenvalue weighted by Gasteiger charge is -2.34. The molecule has 1 fully saturated rings. The fourth-order valence-electron chi connectivity index (χ4n) is 3.99. The second-order valence-corrected chi connectivity index (χ2v) is 9.45. The maximum atomic E-state index is 13.1. The van der Waals surface area contributed by atoms with E-state index in [1.165, 1.54) is 23.5 Å². The number of piperazine rings is 1. The Balaban J connectivity index is 1.21. The summed E-state index contributed by atoms with van der Waals surface area (Å²) in [4.78, 5) is 30.3. The first-order valence-corrected chi connectivity index (χ1v) is 12.3. The molecule has 0 saturated carbocycles. The number of aromatic nitrogens is 3. The van der Waals surface area contributed by atoms with Gasteiger partial charge in [0.2, 0.25) is 5.91 Å². The maximum Gasteiger partial charge on any atom is 0.219 e. The number of nitrogens with zero attached hydrogens (tertiary/aromatic N) is 5. The summed E-state index contributed by atoms with van der Waals surface area (Å²) >= 11 is 1.46.